The van der Waals surface area contributed by atoms with Crippen LogP contribution in [0.5, 0.6) is 5.75 Å². The molecule has 0 bridgehead atoms. The van der Waals surface area contributed by atoms with E-state index in [1.54, 1.807) is 18.5 Å². The molecule has 3 rings (SSSR count). The molecule has 3 aromatic rings. The Morgan fingerprint density at radius 3 is 2.83 bits per heavy atom. The van der Waals surface area contributed by atoms with Crippen molar-refractivity contribution in [3.63, 3.8) is 0 Å². The highest BCUT2D eigenvalue weighted by atomic mass is 35.5. The number of ether oxygens (including phenoxy) is 1. The summed E-state index contributed by atoms with van der Waals surface area (Å²) >= 11 is 6.31. The molecule has 0 unspecified atom stereocenters. The zero-order chi connectivity index (χ0) is 16.4. The lowest BCUT2D eigenvalue weighted by Gasteiger charge is -2.11. The molecular weight excluding hydrogens is 312 g/mol. The van der Waals surface area contributed by atoms with Crippen LogP contribution in [0.3, 0.4) is 0 Å². The maximum Gasteiger partial charge on any atom is 0.251 e. The first-order chi connectivity index (χ1) is 11.0. The van der Waals surface area contributed by atoms with Crippen molar-refractivity contribution in [3.8, 4) is 5.75 Å². The van der Waals surface area contributed by atoms with Crippen molar-refractivity contribution >= 4 is 22.5 Å². The summed E-state index contributed by atoms with van der Waals surface area (Å²) in [5, 5.41) is 1.41. The molecule has 1 N–H and O–H groups in total. The minimum absolute atomic E-state index is 0.0759. The number of pyridine rings is 2. The molecular formula is C18H17ClN2O2. The minimum Gasteiger partial charge on any atom is -0.487 e. The van der Waals surface area contributed by atoms with Gasteiger partial charge in [-0.1, -0.05) is 31.5 Å². The van der Waals surface area contributed by atoms with Crippen LogP contribution in [-0.4, -0.2) is 9.97 Å². The second-order valence-corrected chi connectivity index (χ2v) is 6.14. The average molecular weight is 329 g/mol. The molecule has 118 valence electrons. The van der Waals surface area contributed by atoms with E-state index in [1.165, 1.54) is 0 Å². The maximum absolute atomic E-state index is 12.1. The predicted molar refractivity (Wildman–Crippen MR) is 92.2 cm³/mol. The van der Waals surface area contributed by atoms with E-state index in [1.807, 2.05) is 38.1 Å². The molecule has 0 amide bonds. The Balaban J connectivity index is 1.94. The zero-order valence-corrected chi connectivity index (χ0v) is 13.7. The van der Waals surface area contributed by atoms with Crippen molar-refractivity contribution in [2.75, 3.05) is 0 Å². The van der Waals surface area contributed by atoms with Crippen LogP contribution in [0.2, 0.25) is 5.02 Å². The van der Waals surface area contributed by atoms with Gasteiger partial charge in [0.05, 0.1) is 10.5 Å². The van der Waals surface area contributed by atoms with Gasteiger partial charge in [-0.15, -0.1) is 0 Å². The van der Waals surface area contributed by atoms with Crippen LogP contribution >= 0.6 is 11.6 Å². The van der Waals surface area contributed by atoms with E-state index in [9.17, 15) is 4.79 Å². The van der Waals surface area contributed by atoms with Gasteiger partial charge in [0, 0.05) is 35.0 Å². The number of rotatable bonds is 4. The van der Waals surface area contributed by atoms with Crippen LogP contribution in [-0.2, 0) is 6.61 Å². The van der Waals surface area contributed by atoms with Crippen molar-refractivity contribution in [2.45, 2.75) is 26.4 Å². The van der Waals surface area contributed by atoms with Crippen LogP contribution in [0.1, 0.15) is 30.9 Å². The molecule has 2 heterocycles. The van der Waals surface area contributed by atoms with Gasteiger partial charge in [-0.25, -0.2) is 0 Å². The van der Waals surface area contributed by atoms with Gasteiger partial charge < -0.3 is 9.72 Å². The SMILES string of the molecule is CC(C)c1cc2cc(Cl)c(OCc3cccnc3)cc2[nH]c1=O. The number of aromatic nitrogens is 2. The molecule has 5 heteroatoms. The molecule has 4 nitrogen and oxygen atoms in total. The summed E-state index contributed by atoms with van der Waals surface area (Å²) in [6.45, 7) is 4.35. The Hall–Kier alpha value is -2.33. The number of nitrogens with zero attached hydrogens (tertiary/aromatic N) is 1. The fraction of sp³-hybridized carbons (Fsp3) is 0.222. The molecule has 0 aliphatic rings. The Labute approximate surface area is 139 Å². The van der Waals surface area contributed by atoms with Crippen molar-refractivity contribution < 1.29 is 4.74 Å². The van der Waals surface area contributed by atoms with Gasteiger partial charge in [0.25, 0.3) is 5.56 Å². The van der Waals surface area contributed by atoms with E-state index < -0.39 is 0 Å². The van der Waals surface area contributed by atoms with Gasteiger partial charge in [0.2, 0.25) is 0 Å². The first-order valence-electron chi connectivity index (χ1n) is 7.43. The van der Waals surface area contributed by atoms with Crippen LogP contribution in [0.25, 0.3) is 10.9 Å². The molecule has 0 spiro atoms. The molecule has 0 radical (unpaired) electrons. The highest BCUT2D eigenvalue weighted by molar-refractivity contribution is 6.32. The van der Waals surface area contributed by atoms with E-state index in [0.29, 0.717) is 22.9 Å². The maximum atomic E-state index is 12.1. The largest absolute Gasteiger partial charge is 0.487 e. The molecule has 1 aromatic carbocycles. The molecule has 0 aliphatic carbocycles. The molecule has 23 heavy (non-hydrogen) atoms. The van der Waals surface area contributed by atoms with E-state index in [4.69, 9.17) is 16.3 Å². The molecule has 0 atom stereocenters. The van der Waals surface area contributed by atoms with Crippen molar-refractivity contribution in [1.82, 2.24) is 9.97 Å². The fourth-order valence-corrected chi connectivity index (χ4v) is 2.63. The lowest BCUT2D eigenvalue weighted by atomic mass is 10.0. The van der Waals surface area contributed by atoms with Crippen molar-refractivity contribution in [2.24, 2.45) is 0 Å². The smallest absolute Gasteiger partial charge is 0.251 e. The van der Waals surface area contributed by atoms with E-state index in [-0.39, 0.29) is 11.5 Å². The lowest BCUT2D eigenvalue weighted by molar-refractivity contribution is 0.306. The number of benzene rings is 1. The fourth-order valence-electron chi connectivity index (χ4n) is 2.41. The van der Waals surface area contributed by atoms with Crippen LogP contribution in [0.4, 0.5) is 0 Å². The Kier molecular flexibility index (Phi) is 4.35. The van der Waals surface area contributed by atoms with Gasteiger partial charge in [0.1, 0.15) is 12.4 Å². The normalized spacial score (nSPS) is 11.1. The second kappa shape index (κ2) is 6.42. The minimum atomic E-state index is -0.0759. The second-order valence-electron chi connectivity index (χ2n) is 5.73. The zero-order valence-electron chi connectivity index (χ0n) is 13.0. The summed E-state index contributed by atoms with van der Waals surface area (Å²) in [4.78, 5) is 19.1. The number of fused-ring (bicyclic) bond motifs is 1. The molecule has 0 fully saturated rings. The summed E-state index contributed by atoms with van der Waals surface area (Å²) in [6, 6.07) is 9.25. The van der Waals surface area contributed by atoms with Crippen molar-refractivity contribution in [3.05, 3.63) is 69.2 Å². The molecule has 0 saturated heterocycles. The van der Waals surface area contributed by atoms with Gasteiger partial charge in [0.15, 0.2) is 0 Å². The lowest BCUT2D eigenvalue weighted by Crippen LogP contribution is -2.13. The molecule has 2 aromatic heterocycles. The first-order valence-corrected chi connectivity index (χ1v) is 7.80. The Morgan fingerprint density at radius 2 is 2.13 bits per heavy atom. The summed E-state index contributed by atoms with van der Waals surface area (Å²) in [5.41, 5.74) is 2.34. The average Bonchev–Trinajstić information content (AvgIpc) is 2.53. The number of aromatic amines is 1. The van der Waals surface area contributed by atoms with Crippen molar-refractivity contribution in [1.29, 1.82) is 0 Å². The highest BCUT2D eigenvalue weighted by Crippen LogP contribution is 2.30. The number of hydrogen-bond acceptors (Lipinski definition) is 3. The number of hydrogen-bond donors (Lipinski definition) is 1. The summed E-state index contributed by atoms with van der Waals surface area (Å²) < 4.78 is 5.75. The Morgan fingerprint density at radius 1 is 1.30 bits per heavy atom. The topological polar surface area (TPSA) is 55.0 Å². The third-order valence-electron chi connectivity index (χ3n) is 3.66. The summed E-state index contributed by atoms with van der Waals surface area (Å²) in [6.07, 6.45) is 3.45. The van der Waals surface area contributed by atoms with Gasteiger partial charge in [-0.05, 0) is 24.1 Å². The van der Waals surface area contributed by atoms with Gasteiger partial charge in [-0.3, -0.25) is 9.78 Å². The van der Waals surface area contributed by atoms with Crippen LogP contribution < -0.4 is 10.3 Å². The molecule has 0 aliphatic heterocycles. The third kappa shape index (κ3) is 3.37. The highest BCUT2D eigenvalue weighted by Gasteiger charge is 2.10. The molecule has 0 saturated carbocycles. The third-order valence-corrected chi connectivity index (χ3v) is 3.96. The number of nitrogens with one attached hydrogen (secondary N) is 1. The quantitative estimate of drug-likeness (QED) is 0.777. The monoisotopic (exact) mass is 328 g/mol. The standard InChI is InChI=1S/C18H17ClN2O2/c1-11(2)14-6-13-7-15(19)17(8-16(13)21-18(14)22)23-10-12-4-3-5-20-9-12/h3-9,11H,10H2,1-2H3,(H,21,22). The van der Waals surface area contributed by atoms with E-state index >= 15 is 0 Å². The van der Waals surface area contributed by atoms with Gasteiger partial charge in [-0.2, -0.15) is 0 Å². The number of halogens is 1. The van der Waals surface area contributed by atoms with Gasteiger partial charge >= 0.3 is 0 Å². The van der Waals surface area contributed by atoms with E-state index in [2.05, 4.69) is 9.97 Å². The Bertz CT molecular complexity index is 889. The van der Waals surface area contributed by atoms with Crippen LogP contribution in [0, 0.1) is 0 Å². The number of H-pyrrole nitrogens is 1. The predicted octanol–water partition coefficient (Wildman–Crippen LogP) is 4.28. The summed E-state index contributed by atoms with van der Waals surface area (Å²) in [7, 11) is 0. The summed E-state index contributed by atoms with van der Waals surface area (Å²) in [5.74, 6) is 0.694. The van der Waals surface area contributed by atoms with E-state index in [0.717, 1.165) is 16.5 Å². The van der Waals surface area contributed by atoms with Crippen LogP contribution in [0.15, 0.2) is 47.5 Å². The first kappa shape index (κ1) is 15.6.